The van der Waals surface area contributed by atoms with Gasteiger partial charge in [0, 0.05) is 25.7 Å². The zero-order valence-corrected chi connectivity index (χ0v) is 7.16. The summed E-state index contributed by atoms with van der Waals surface area (Å²) in [5.74, 6) is 7.44. The van der Waals surface area contributed by atoms with Crippen LogP contribution in [-0.4, -0.2) is 41.5 Å². The number of hydrogen-bond donors (Lipinski definition) is 1. The third kappa shape index (κ3) is 1.76. The molecule has 0 spiro atoms. The maximum Gasteiger partial charge on any atom is 0.298 e. The van der Waals surface area contributed by atoms with E-state index in [1.54, 1.807) is 9.91 Å². The predicted molar refractivity (Wildman–Crippen MR) is 45.8 cm³/mol. The lowest BCUT2D eigenvalue weighted by Gasteiger charge is -2.36. The molecule has 1 amide bonds. The van der Waals surface area contributed by atoms with Gasteiger partial charge in [-0.2, -0.15) is 0 Å². The molecule has 12 heavy (non-hydrogen) atoms. The summed E-state index contributed by atoms with van der Waals surface area (Å²) in [6.45, 7) is 3.94. The first-order chi connectivity index (χ1) is 5.65. The summed E-state index contributed by atoms with van der Waals surface area (Å²) in [4.78, 5) is 12.8. The summed E-state index contributed by atoms with van der Waals surface area (Å²) in [6, 6.07) is 0.118. The van der Waals surface area contributed by atoms with Crippen LogP contribution in [0.5, 0.6) is 0 Å². The first-order valence-electron chi connectivity index (χ1n) is 3.92. The number of hydrazine groups is 1. The number of nitrogens with two attached hydrogens (primary N) is 1. The zero-order valence-electron chi connectivity index (χ0n) is 7.16. The van der Waals surface area contributed by atoms with Crippen molar-refractivity contribution in [3.63, 3.8) is 0 Å². The second-order valence-corrected chi connectivity index (χ2v) is 2.99. The Bertz CT molecular complexity index is 221. The van der Waals surface area contributed by atoms with Gasteiger partial charge in [-0.15, -0.1) is 6.42 Å². The molecule has 66 valence electrons. The summed E-state index contributed by atoms with van der Waals surface area (Å²) < 4.78 is 0. The summed E-state index contributed by atoms with van der Waals surface area (Å²) in [7, 11) is 0. The van der Waals surface area contributed by atoms with Gasteiger partial charge >= 0.3 is 0 Å². The molecule has 1 aliphatic heterocycles. The second-order valence-electron chi connectivity index (χ2n) is 2.99. The van der Waals surface area contributed by atoms with Gasteiger partial charge in [0.2, 0.25) is 0 Å². The molecule has 0 saturated carbocycles. The van der Waals surface area contributed by atoms with Crippen LogP contribution >= 0.6 is 0 Å². The Kier molecular flexibility index (Phi) is 2.69. The van der Waals surface area contributed by atoms with E-state index in [-0.39, 0.29) is 11.9 Å². The molecule has 1 fully saturated rings. The number of hydrogen-bond acceptors (Lipinski definition) is 3. The van der Waals surface area contributed by atoms with E-state index in [1.807, 2.05) is 6.92 Å². The number of rotatable bonds is 0. The monoisotopic (exact) mass is 167 g/mol. The van der Waals surface area contributed by atoms with Crippen molar-refractivity contribution in [1.29, 1.82) is 0 Å². The van der Waals surface area contributed by atoms with Crippen molar-refractivity contribution >= 4 is 5.91 Å². The van der Waals surface area contributed by atoms with Gasteiger partial charge in [0.05, 0.1) is 0 Å². The van der Waals surface area contributed by atoms with Crippen LogP contribution in [0.15, 0.2) is 0 Å². The third-order valence-electron chi connectivity index (χ3n) is 2.04. The average Bonchev–Trinajstić information content (AvgIpc) is 2.03. The van der Waals surface area contributed by atoms with Crippen LogP contribution in [0.25, 0.3) is 0 Å². The minimum absolute atomic E-state index is 0.118. The fourth-order valence-corrected chi connectivity index (χ4v) is 1.37. The molecular weight excluding hydrogens is 154 g/mol. The smallest absolute Gasteiger partial charge is 0.298 e. The van der Waals surface area contributed by atoms with E-state index in [0.717, 1.165) is 0 Å². The number of nitrogens with zero attached hydrogens (tertiary/aromatic N) is 2. The first kappa shape index (κ1) is 9.04. The van der Waals surface area contributed by atoms with Crippen LogP contribution in [0.2, 0.25) is 0 Å². The second kappa shape index (κ2) is 3.57. The molecule has 1 aliphatic rings. The van der Waals surface area contributed by atoms with Crippen LogP contribution < -0.4 is 5.84 Å². The van der Waals surface area contributed by atoms with Crippen molar-refractivity contribution < 1.29 is 4.79 Å². The maximum atomic E-state index is 11.1. The highest BCUT2D eigenvalue weighted by Crippen LogP contribution is 2.05. The Morgan fingerprint density at radius 1 is 1.67 bits per heavy atom. The van der Waals surface area contributed by atoms with E-state index in [9.17, 15) is 4.79 Å². The fraction of sp³-hybridized carbons (Fsp3) is 0.625. The molecule has 1 unspecified atom stereocenters. The molecule has 1 saturated heterocycles. The fourth-order valence-electron chi connectivity index (χ4n) is 1.37. The van der Waals surface area contributed by atoms with Crippen molar-refractivity contribution in [3.8, 4) is 12.3 Å². The highest BCUT2D eigenvalue weighted by atomic mass is 16.2. The average molecular weight is 167 g/mol. The number of piperazine rings is 1. The van der Waals surface area contributed by atoms with E-state index in [1.165, 1.54) is 0 Å². The molecule has 1 rings (SSSR count). The Balaban J connectivity index is 2.57. The van der Waals surface area contributed by atoms with Crippen LogP contribution in [0.3, 0.4) is 0 Å². The van der Waals surface area contributed by atoms with Gasteiger partial charge < -0.3 is 4.90 Å². The summed E-state index contributed by atoms with van der Waals surface area (Å²) in [5.41, 5.74) is 0. The van der Waals surface area contributed by atoms with Gasteiger partial charge in [-0.05, 0) is 12.8 Å². The van der Waals surface area contributed by atoms with Gasteiger partial charge in [0.25, 0.3) is 5.91 Å². The predicted octanol–water partition coefficient (Wildman–Crippen LogP) is -0.974. The van der Waals surface area contributed by atoms with Gasteiger partial charge in [-0.25, -0.2) is 5.01 Å². The van der Waals surface area contributed by atoms with Gasteiger partial charge in [0.15, 0.2) is 0 Å². The number of carbonyl (C=O) groups excluding carboxylic acids is 1. The Hall–Kier alpha value is -1.05. The molecule has 0 aromatic carbocycles. The van der Waals surface area contributed by atoms with E-state index in [0.29, 0.717) is 19.6 Å². The molecule has 0 aromatic rings. The first-order valence-corrected chi connectivity index (χ1v) is 3.92. The lowest BCUT2D eigenvalue weighted by atomic mass is 10.2. The van der Waals surface area contributed by atoms with E-state index >= 15 is 0 Å². The topological polar surface area (TPSA) is 49.6 Å². The lowest BCUT2D eigenvalue weighted by Crippen LogP contribution is -2.55. The van der Waals surface area contributed by atoms with E-state index in [2.05, 4.69) is 5.92 Å². The molecule has 2 N–H and O–H groups in total. The Morgan fingerprint density at radius 3 is 2.83 bits per heavy atom. The van der Waals surface area contributed by atoms with E-state index in [4.69, 9.17) is 12.3 Å². The van der Waals surface area contributed by atoms with Gasteiger partial charge in [0.1, 0.15) is 0 Å². The lowest BCUT2D eigenvalue weighted by molar-refractivity contribution is -0.129. The molecule has 0 bridgehead atoms. The van der Waals surface area contributed by atoms with Crippen LogP contribution in [0, 0.1) is 12.3 Å². The van der Waals surface area contributed by atoms with Crippen molar-refractivity contribution in [2.24, 2.45) is 5.84 Å². The highest BCUT2D eigenvalue weighted by molar-refractivity contribution is 5.93. The molecular formula is C8H13N3O. The number of amides is 1. The van der Waals surface area contributed by atoms with Crippen LogP contribution in [-0.2, 0) is 4.79 Å². The number of terminal acetylenes is 1. The Labute approximate surface area is 72.3 Å². The van der Waals surface area contributed by atoms with Crippen molar-refractivity contribution in [2.75, 3.05) is 19.6 Å². The molecule has 4 nitrogen and oxygen atoms in total. The molecule has 0 aromatic heterocycles. The minimum Gasteiger partial charge on any atom is -0.327 e. The maximum absolute atomic E-state index is 11.1. The quantitative estimate of drug-likeness (QED) is 0.373. The minimum atomic E-state index is -0.240. The van der Waals surface area contributed by atoms with E-state index < -0.39 is 0 Å². The normalized spacial score (nSPS) is 25.1. The largest absolute Gasteiger partial charge is 0.327 e. The molecule has 0 radical (unpaired) electrons. The zero-order chi connectivity index (χ0) is 9.14. The SMILES string of the molecule is C#CC(=O)N1CCN(N)CC1C. The van der Waals surface area contributed by atoms with Crippen molar-refractivity contribution in [2.45, 2.75) is 13.0 Å². The molecule has 1 heterocycles. The highest BCUT2D eigenvalue weighted by Gasteiger charge is 2.24. The standard InChI is InChI=1S/C8H13N3O/c1-3-8(12)11-5-4-10(9)6-7(11)2/h1,7H,4-6,9H2,2H3. The van der Waals surface area contributed by atoms with Crippen LogP contribution in [0.4, 0.5) is 0 Å². The van der Waals surface area contributed by atoms with Gasteiger partial charge in [-0.3, -0.25) is 10.6 Å². The van der Waals surface area contributed by atoms with Gasteiger partial charge in [-0.1, -0.05) is 0 Å². The summed E-state index contributed by atoms with van der Waals surface area (Å²) >= 11 is 0. The molecule has 0 aliphatic carbocycles. The molecule has 4 heteroatoms. The summed E-state index contributed by atoms with van der Waals surface area (Å²) in [6.07, 6.45) is 5.01. The Morgan fingerprint density at radius 2 is 2.33 bits per heavy atom. The van der Waals surface area contributed by atoms with Crippen molar-refractivity contribution in [1.82, 2.24) is 9.91 Å². The third-order valence-corrected chi connectivity index (χ3v) is 2.04. The van der Waals surface area contributed by atoms with Crippen LogP contribution in [0.1, 0.15) is 6.92 Å². The number of carbonyl (C=O) groups is 1. The molecule has 1 atom stereocenters. The summed E-state index contributed by atoms with van der Waals surface area (Å²) in [5, 5.41) is 1.70. The van der Waals surface area contributed by atoms with Crippen molar-refractivity contribution in [3.05, 3.63) is 0 Å².